The molecule has 16 heavy (non-hydrogen) atoms. The van der Waals surface area contributed by atoms with Crippen LogP contribution in [0.1, 0.15) is 26.7 Å². The van der Waals surface area contributed by atoms with E-state index in [2.05, 4.69) is 13.8 Å². The van der Waals surface area contributed by atoms with E-state index in [1.54, 1.807) is 24.3 Å². The van der Waals surface area contributed by atoms with Crippen molar-refractivity contribution in [2.75, 3.05) is 0 Å². The Morgan fingerprint density at radius 1 is 1.25 bits per heavy atom. The van der Waals surface area contributed by atoms with E-state index in [-0.39, 0.29) is 5.25 Å². The van der Waals surface area contributed by atoms with Crippen molar-refractivity contribution in [3.8, 4) is 0 Å². The van der Waals surface area contributed by atoms with Crippen LogP contribution in [0.5, 0.6) is 0 Å². The van der Waals surface area contributed by atoms with Crippen LogP contribution in [0, 0.1) is 11.8 Å². The van der Waals surface area contributed by atoms with E-state index >= 15 is 0 Å². The second-order valence-electron chi connectivity index (χ2n) is 5.02. The fourth-order valence-corrected chi connectivity index (χ4v) is 4.24. The lowest BCUT2D eigenvalue weighted by atomic mass is 10.1. The van der Waals surface area contributed by atoms with Gasteiger partial charge >= 0.3 is 0 Å². The first-order chi connectivity index (χ1) is 7.51. The molecule has 0 N–H and O–H groups in total. The van der Waals surface area contributed by atoms with Gasteiger partial charge in [0, 0.05) is 0 Å². The Bertz CT molecular complexity index is 448. The van der Waals surface area contributed by atoms with Crippen molar-refractivity contribution in [2.45, 2.75) is 36.8 Å². The van der Waals surface area contributed by atoms with Crippen LogP contribution in [0.4, 0.5) is 0 Å². The minimum Gasteiger partial charge on any atom is -0.223 e. The summed E-state index contributed by atoms with van der Waals surface area (Å²) in [6, 6.07) is 8.80. The van der Waals surface area contributed by atoms with Gasteiger partial charge in [-0.25, -0.2) is 8.42 Å². The van der Waals surface area contributed by atoms with E-state index in [0.29, 0.717) is 16.7 Å². The van der Waals surface area contributed by atoms with E-state index in [1.807, 2.05) is 6.07 Å². The van der Waals surface area contributed by atoms with E-state index in [9.17, 15) is 8.42 Å². The van der Waals surface area contributed by atoms with Gasteiger partial charge in [-0.2, -0.15) is 0 Å². The average Bonchev–Trinajstić information content (AvgIpc) is 2.98. The molecule has 1 aliphatic rings. The monoisotopic (exact) mass is 238 g/mol. The molecule has 0 saturated heterocycles. The Morgan fingerprint density at radius 2 is 1.88 bits per heavy atom. The van der Waals surface area contributed by atoms with Crippen molar-refractivity contribution in [2.24, 2.45) is 11.8 Å². The predicted octanol–water partition coefficient (Wildman–Crippen LogP) is 2.89. The average molecular weight is 238 g/mol. The zero-order valence-electron chi connectivity index (χ0n) is 9.76. The maximum absolute atomic E-state index is 12.2. The summed E-state index contributed by atoms with van der Waals surface area (Å²) >= 11 is 0. The van der Waals surface area contributed by atoms with Crippen LogP contribution in [0.25, 0.3) is 0 Å². The van der Waals surface area contributed by atoms with Crippen LogP contribution in [-0.4, -0.2) is 13.7 Å². The summed E-state index contributed by atoms with van der Waals surface area (Å²) in [5, 5.41) is -0.128. The largest absolute Gasteiger partial charge is 0.223 e. The van der Waals surface area contributed by atoms with Gasteiger partial charge in [0.1, 0.15) is 0 Å². The topological polar surface area (TPSA) is 34.1 Å². The Balaban J connectivity index is 2.12. The Hall–Kier alpha value is -0.830. The second-order valence-corrected chi connectivity index (χ2v) is 7.19. The molecule has 1 fully saturated rings. The van der Waals surface area contributed by atoms with Gasteiger partial charge in [0.2, 0.25) is 0 Å². The number of hydrogen-bond donors (Lipinski definition) is 0. The first-order valence-electron chi connectivity index (χ1n) is 5.80. The minimum absolute atomic E-state index is 0.128. The summed E-state index contributed by atoms with van der Waals surface area (Å²) in [5.41, 5.74) is 0. The zero-order chi connectivity index (χ0) is 11.8. The smallest absolute Gasteiger partial charge is 0.181 e. The van der Waals surface area contributed by atoms with Crippen molar-refractivity contribution in [3.63, 3.8) is 0 Å². The third-order valence-electron chi connectivity index (χ3n) is 3.10. The first-order valence-corrected chi connectivity index (χ1v) is 7.35. The summed E-state index contributed by atoms with van der Waals surface area (Å²) in [4.78, 5) is 0.478. The van der Waals surface area contributed by atoms with Crippen molar-refractivity contribution < 1.29 is 8.42 Å². The molecular formula is C13H18O2S. The Labute approximate surface area is 97.6 Å². The van der Waals surface area contributed by atoms with E-state index in [1.165, 1.54) is 0 Å². The third-order valence-corrected chi connectivity index (χ3v) is 5.41. The normalized spacial score (nSPS) is 24.7. The quantitative estimate of drug-likeness (QED) is 0.808. The number of rotatable bonds is 4. The molecule has 0 heterocycles. The van der Waals surface area contributed by atoms with Crippen LogP contribution >= 0.6 is 0 Å². The zero-order valence-corrected chi connectivity index (χ0v) is 10.6. The standard InChI is InChI=1S/C13H18O2S/c1-10(2)8-11-9-13(11)16(14,15)12-6-4-3-5-7-12/h3-7,10-11,13H,8-9H2,1-2H3. The number of sulfone groups is 1. The molecule has 1 aromatic carbocycles. The number of hydrogen-bond acceptors (Lipinski definition) is 2. The van der Waals surface area contributed by atoms with Crippen LogP contribution in [0.2, 0.25) is 0 Å². The Kier molecular flexibility index (Phi) is 3.06. The molecular weight excluding hydrogens is 220 g/mol. The SMILES string of the molecule is CC(C)CC1CC1S(=O)(=O)c1ccccc1. The van der Waals surface area contributed by atoms with E-state index < -0.39 is 9.84 Å². The second kappa shape index (κ2) is 4.21. The van der Waals surface area contributed by atoms with Crippen LogP contribution in [0.3, 0.4) is 0 Å². The molecule has 1 saturated carbocycles. The van der Waals surface area contributed by atoms with Crippen LogP contribution in [-0.2, 0) is 9.84 Å². The van der Waals surface area contributed by atoms with Gasteiger partial charge in [-0.15, -0.1) is 0 Å². The molecule has 0 aromatic heterocycles. The fourth-order valence-electron chi connectivity index (χ4n) is 2.24. The summed E-state index contributed by atoms with van der Waals surface area (Å²) in [6.07, 6.45) is 1.87. The van der Waals surface area contributed by atoms with Crippen LogP contribution < -0.4 is 0 Å². The molecule has 0 bridgehead atoms. The lowest BCUT2D eigenvalue weighted by Crippen LogP contribution is -2.10. The van der Waals surface area contributed by atoms with E-state index in [0.717, 1.165) is 12.8 Å². The van der Waals surface area contributed by atoms with Crippen molar-refractivity contribution in [3.05, 3.63) is 30.3 Å². The summed E-state index contributed by atoms with van der Waals surface area (Å²) in [5.74, 6) is 0.964. The molecule has 0 amide bonds. The van der Waals surface area contributed by atoms with Crippen molar-refractivity contribution in [1.82, 2.24) is 0 Å². The summed E-state index contributed by atoms with van der Waals surface area (Å²) in [6.45, 7) is 4.29. The highest BCUT2D eigenvalue weighted by molar-refractivity contribution is 7.92. The molecule has 1 aliphatic carbocycles. The summed E-state index contributed by atoms with van der Waals surface area (Å²) < 4.78 is 24.4. The highest BCUT2D eigenvalue weighted by Gasteiger charge is 2.47. The Morgan fingerprint density at radius 3 is 2.44 bits per heavy atom. The van der Waals surface area contributed by atoms with Gasteiger partial charge in [0.05, 0.1) is 10.1 Å². The molecule has 3 heteroatoms. The van der Waals surface area contributed by atoms with Gasteiger partial charge in [0.15, 0.2) is 9.84 Å². The molecule has 1 aromatic rings. The molecule has 88 valence electrons. The maximum atomic E-state index is 12.2. The molecule has 0 radical (unpaired) electrons. The van der Waals surface area contributed by atoms with Crippen LogP contribution in [0.15, 0.2) is 35.2 Å². The lowest BCUT2D eigenvalue weighted by Gasteiger charge is -2.05. The van der Waals surface area contributed by atoms with E-state index in [4.69, 9.17) is 0 Å². The molecule has 2 nitrogen and oxygen atoms in total. The minimum atomic E-state index is -3.06. The van der Waals surface area contributed by atoms with Crippen molar-refractivity contribution >= 4 is 9.84 Å². The molecule has 0 aliphatic heterocycles. The van der Waals surface area contributed by atoms with Gasteiger partial charge in [0.25, 0.3) is 0 Å². The molecule has 2 rings (SSSR count). The molecule has 2 unspecified atom stereocenters. The molecule has 0 spiro atoms. The highest BCUT2D eigenvalue weighted by Crippen LogP contribution is 2.44. The number of benzene rings is 1. The predicted molar refractivity (Wildman–Crippen MR) is 65.0 cm³/mol. The maximum Gasteiger partial charge on any atom is 0.181 e. The molecule has 2 atom stereocenters. The van der Waals surface area contributed by atoms with Gasteiger partial charge in [-0.1, -0.05) is 32.0 Å². The third kappa shape index (κ3) is 2.29. The van der Waals surface area contributed by atoms with Gasteiger partial charge < -0.3 is 0 Å². The highest BCUT2D eigenvalue weighted by atomic mass is 32.2. The first kappa shape index (κ1) is 11.6. The van der Waals surface area contributed by atoms with Gasteiger partial charge in [-0.05, 0) is 36.8 Å². The fraction of sp³-hybridized carbons (Fsp3) is 0.538. The summed E-state index contributed by atoms with van der Waals surface area (Å²) in [7, 11) is -3.06. The van der Waals surface area contributed by atoms with Gasteiger partial charge in [-0.3, -0.25) is 0 Å². The lowest BCUT2D eigenvalue weighted by molar-refractivity contribution is 0.535. The van der Waals surface area contributed by atoms with Crippen molar-refractivity contribution in [1.29, 1.82) is 0 Å².